The van der Waals surface area contributed by atoms with Gasteiger partial charge in [-0.05, 0) is 19.1 Å². The van der Waals surface area contributed by atoms with Crippen molar-refractivity contribution in [1.29, 1.82) is 0 Å². The fourth-order valence-electron chi connectivity index (χ4n) is 2.40. The maximum absolute atomic E-state index is 11.7. The first-order valence-corrected chi connectivity index (χ1v) is 9.42. The van der Waals surface area contributed by atoms with Crippen LogP contribution in [0.4, 0.5) is 5.82 Å². The molecule has 1 N–H and O–H groups in total. The SMILES string of the molecule is Cc1cc(N(C)CCc2nc3ccccc3[nH]2)nc(S(C)(=O)=O)n1. The fraction of sp³-hybridized carbons (Fsp3) is 0.312. The number of anilines is 1. The summed E-state index contributed by atoms with van der Waals surface area (Å²) in [6.07, 6.45) is 1.81. The fourth-order valence-corrected chi connectivity index (χ4v) is 2.97. The van der Waals surface area contributed by atoms with E-state index in [1.165, 1.54) is 0 Å². The predicted molar refractivity (Wildman–Crippen MR) is 92.9 cm³/mol. The highest BCUT2D eigenvalue weighted by molar-refractivity contribution is 7.90. The van der Waals surface area contributed by atoms with Crippen molar-refractivity contribution in [2.45, 2.75) is 18.5 Å². The molecular weight excluding hydrogens is 326 g/mol. The summed E-state index contributed by atoms with van der Waals surface area (Å²) in [7, 11) is -1.56. The zero-order chi connectivity index (χ0) is 17.3. The Balaban J connectivity index is 1.77. The summed E-state index contributed by atoms with van der Waals surface area (Å²) in [4.78, 5) is 17.9. The lowest BCUT2D eigenvalue weighted by atomic mass is 10.3. The molecule has 8 heteroatoms. The molecule has 0 amide bonds. The van der Waals surface area contributed by atoms with Crippen LogP contribution in [0.3, 0.4) is 0 Å². The van der Waals surface area contributed by atoms with Crippen molar-refractivity contribution >= 4 is 26.7 Å². The first-order chi connectivity index (χ1) is 11.3. The van der Waals surface area contributed by atoms with Gasteiger partial charge in [0, 0.05) is 38.0 Å². The molecule has 0 bridgehead atoms. The largest absolute Gasteiger partial charge is 0.359 e. The van der Waals surface area contributed by atoms with Crippen LogP contribution in [-0.4, -0.2) is 48.2 Å². The maximum Gasteiger partial charge on any atom is 0.248 e. The molecular formula is C16H19N5O2S. The number of imidazole rings is 1. The molecule has 126 valence electrons. The number of nitrogens with one attached hydrogen (secondary N) is 1. The van der Waals surface area contributed by atoms with Gasteiger partial charge in [-0.1, -0.05) is 12.1 Å². The van der Waals surface area contributed by atoms with Crippen molar-refractivity contribution in [2.24, 2.45) is 0 Å². The first kappa shape index (κ1) is 16.4. The number of hydrogen-bond acceptors (Lipinski definition) is 6. The van der Waals surface area contributed by atoms with Crippen LogP contribution in [0.5, 0.6) is 0 Å². The van der Waals surface area contributed by atoms with Gasteiger partial charge in [0.25, 0.3) is 0 Å². The second-order valence-electron chi connectivity index (χ2n) is 5.79. The van der Waals surface area contributed by atoms with Crippen molar-refractivity contribution < 1.29 is 8.42 Å². The van der Waals surface area contributed by atoms with Gasteiger partial charge in [-0.25, -0.2) is 23.4 Å². The Morgan fingerprint density at radius 1 is 1.17 bits per heavy atom. The summed E-state index contributed by atoms with van der Waals surface area (Å²) >= 11 is 0. The normalized spacial score (nSPS) is 11.8. The van der Waals surface area contributed by atoms with Gasteiger partial charge in [0.1, 0.15) is 11.6 Å². The minimum Gasteiger partial charge on any atom is -0.359 e. The number of aryl methyl sites for hydroxylation is 1. The molecule has 0 saturated heterocycles. The van der Waals surface area contributed by atoms with Crippen LogP contribution in [-0.2, 0) is 16.3 Å². The summed E-state index contributed by atoms with van der Waals surface area (Å²) in [6.45, 7) is 2.41. The zero-order valence-corrected chi connectivity index (χ0v) is 14.6. The Hall–Kier alpha value is -2.48. The number of fused-ring (bicyclic) bond motifs is 1. The van der Waals surface area contributed by atoms with E-state index in [1.54, 1.807) is 13.0 Å². The standard InChI is InChI=1S/C16H19N5O2S/c1-11-10-15(20-16(17-11)24(3,22)23)21(2)9-8-14-18-12-6-4-5-7-13(12)19-14/h4-7,10H,8-9H2,1-3H3,(H,18,19). The summed E-state index contributed by atoms with van der Waals surface area (Å²) in [5.41, 5.74) is 2.57. The second-order valence-corrected chi connectivity index (χ2v) is 7.70. The molecule has 24 heavy (non-hydrogen) atoms. The van der Waals surface area contributed by atoms with Crippen LogP contribution in [0.15, 0.2) is 35.5 Å². The number of aromatic nitrogens is 4. The molecule has 0 radical (unpaired) electrons. The monoisotopic (exact) mass is 345 g/mol. The van der Waals surface area contributed by atoms with Gasteiger partial charge in [-0.15, -0.1) is 0 Å². The predicted octanol–water partition coefficient (Wildman–Crippen LogP) is 1.74. The van der Waals surface area contributed by atoms with Crippen LogP contribution in [0, 0.1) is 6.92 Å². The number of H-pyrrole nitrogens is 1. The Morgan fingerprint density at radius 2 is 1.92 bits per heavy atom. The van der Waals surface area contributed by atoms with Gasteiger partial charge < -0.3 is 9.88 Å². The second kappa shape index (κ2) is 6.20. The number of aromatic amines is 1. The van der Waals surface area contributed by atoms with Crippen LogP contribution in [0.1, 0.15) is 11.5 Å². The molecule has 2 heterocycles. The smallest absolute Gasteiger partial charge is 0.248 e. The third-order valence-electron chi connectivity index (χ3n) is 3.67. The molecule has 0 spiro atoms. The van der Waals surface area contributed by atoms with Crippen molar-refractivity contribution in [3.63, 3.8) is 0 Å². The molecule has 7 nitrogen and oxygen atoms in total. The van der Waals surface area contributed by atoms with E-state index in [0.29, 0.717) is 24.5 Å². The Kier molecular flexibility index (Phi) is 4.23. The van der Waals surface area contributed by atoms with E-state index < -0.39 is 9.84 Å². The summed E-state index contributed by atoms with van der Waals surface area (Å²) in [5.74, 6) is 1.47. The van der Waals surface area contributed by atoms with Crippen LogP contribution >= 0.6 is 0 Å². The first-order valence-electron chi connectivity index (χ1n) is 7.53. The number of rotatable bonds is 5. The molecule has 3 rings (SSSR count). The van der Waals surface area contributed by atoms with Gasteiger partial charge in [-0.3, -0.25) is 0 Å². The van der Waals surface area contributed by atoms with E-state index in [9.17, 15) is 8.42 Å². The van der Waals surface area contributed by atoms with Crippen molar-refractivity contribution in [1.82, 2.24) is 19.9 Å². The Labute approximate surface area is 140 Å². The molecule has 0 fully saturated rings. The number of likely N-dealkylation sites (N-methyl/N-ethyl adjacent to an activating group) is 1. The van der Waals surface area contributed by atoms with Crippen molar-refractivity contribution in [2.75, 3.05) is 24.7 Å². The van der Waals surface area contributed by atoms with Gasteiger partial charge in [0.05, 0.1) is 11.0 Å². The molecule has 0 unspecified atom stereocenters. The number of sulfone groups is 1. The zero-order valence-electron chi connectivity index (χ0n) is 13.8. The van der Waals surface area contributed by atoms with Gasteiger partial charge in [0.15, 0.2) is 0 Å². The lowest BCUT2D eigenvalue weighted by Crippen LogP contribution is -2.23. The molecule has 0 aliphatic rings. The topological polar surface area (TPSA) is 91.8 Å². The number of benzene rings is 1. The average molecular weight is 345 g/mol. The van der Waals surface area contributed by atoms with E-state index in [-0.39, 0.29) is 5.16 Å². The van der Waals surface area contributed by atoms with Crippen LogP contribution in [0.2, 0.25) is 0 Å². The van der Waals surface area contributed by atoms with Gasteiger partial charge in [-0.2, -0.15) is 0 Å². The minimum absolute atomic E-state index is 0.145. The molecule has 0 aliphatic carbocycles. The highest BCUT2D eigenvalue weighted by Gasteiger charge is 2.15. The lowest BCUT2D eigenvalue weighted by Gasteiger charge is -2.18. The summed E-state index contributed by atoms with van der Waals surface area (Å²) in [6, 6.07) is 9.64. The maximum atomic E-state index is 11.7. The lowest BCUT2D eigenvalue weighted by molar-refractivity contribution is 0.592. The number of para-hydroxylation sites is 2. The summed E-state index contributed by atoms with van der Waals surface area (Å²) in [5, 5.41) is -0.145. The number of nitrogens with zero attached hydrogens (tertiary/aromatic N) is 4. The summed E-state index contributed by atoms with van der Waals surface area (Å²) < 4.78 is 23.4. The molecule has 1 aromatic carbocycles. The highest BCUT2D eigenvalue weighted by Crippen LogP contribution is 2.15. The van der Waals surface area contributed by atoms with Gasteiger partial charge >= 0.3 is 0 Å². The Bertz CT molecular complexity index is 948. The molecule has 0 aliphatic heterocycles. The highest BCUT2D eigenvalue weighted by atomic mass is 32.2. The van der Waals surface area contributed by atoms with Gasteiger partial charge in [0.2, 0.25) is 15.0 Å². The molecule has 3 aromatic rings. The third-order valence-corrected chi connectivity index (χ3v) is 4.51. The van der Waals surface area contributed by atoms with Crippen LogP contribution in [0.25, 0.3) is 11.0 Å². The van der Waals surface area contributed by atoms with E-state index in [4.69, 9.17) is 0 Å². The molecule has 0 atom stereocenters. The van der Waals surface area contributed by atoms with E-state index in [2.05, 4.69) is 19.9 Å². The quantitative estimate of drug-likeness (QED) is 0.708. The minimum atomic E-state index is -3.43. The van der Waals surface area contributed by atoms with E-state index in [0.717, 1.165) is 23.1 Å². The van der Waals surface area contributed by atoms with Crippen molar-refractivity contribution in [3.8, 4) is 0 Å². The van der Waals surface area contributed by atoms with Crippen molar-refractivity contribution in [3.05, 3.63) is 41.9 Å². The van der Waals surface area contributed by atoms with Crippen LogP contribution < -0.4 is 4.90 Å². The van der Waals surface area contributed by atoms with E-state index in [1.807, 2.05) is 36.2 Å². The average Bonchev–Trinajstić information content (AvgIpc) is 2.94. The number of hydrogen-bond donors (Lipinski definition) is 1. The third kappa shape index (κ3) is 3.53. The Morgan fingerprint density at radius 3 is 2.62 bits per heavy atom. The van der Waals surface area contributed by atoms with E-state index >= 15 is 0 Å². The molecule has 0 saturated carbocycles. The molecule has 2 aromatic heterocycles.